The standard InChI is InChI=1S/C9H16N2/c1-3-8(2)11-5-4-9(6-10)7-11/h4-5,7-8H,3,6,10H2,1-2H3/t8-/m1/s1. The highest BCUT2D eigenvalue weighted by atomic mass is 15.0. The molecule has 0 unspecified atom stereocenters. The molecule has 62 valence electrons. The molecule has 0 fully saturated rings. The first-order chi connectivity index (χ1) is 5.27. The molecule has 0 saturated carbocycles. The van der Waals surface area contributed by atoms with Gasteiger partial charge in [0.1, 0.15) is 0 Å². The highest BCUT2D eigenvalue weighted by Crippen LogP contribution is 2.11. The molecule has 0 aliphatic heterocycles. The van der Waals surface area contributed by atoms with E-state index in [0.717, 1.165) is 0 Å². The van der Waals surface area contributed by atoms with E-state index in [1.54, 1.807) is 0 Å². The molecule has 11 heavy (non-hydrogen) atoms. The Morgan fingerprint density at radius 1 is 1.64 bits per heavy atom. The predicted molar refractivity (Wildman–Crippen MR) is 47.3 cm³/mol. The molecule has 2 heteroatoms. The highest BCUT2D eigenvalue weighted by molar-refractivity contribution is 5.10. The van der Waals surface area contributed by atoms with Crippen molar-refractivity contribution in [1.82, 2.24) is 4.57 Å². The van der Waals surface area contributed by atoms with Gasteiger partial charge in [-0.25, -0.2) is 0 Å². The highest BCUT2D eigenvalue weighted by Gasteiger charge is 2.00. The molecule has 1 heterocycles. The van der Waals surface area contributed by atoms with E-state index in [-0.39, 0.29) is 0 Å². The van der Waals surface area contributed by atoms with E-state index in [4.69, 9.17) is 5.73 Å². The Labute approximate surface area is 68.0 Å². The summed E-state index contributed by atoms with van der Waals surface area (Å²) in [5, 5.41) is 0. The smallest absolute Gasteiger partial charge is 0.0299 e. The van der Waals surface area contributed by atoms with Gasteiger partial charge < -0.3 is 10.3 Å². The second-order valence-corrected chi connectivity index (χ2v) is 2.93. The lowest BCUT2D eigenvalue weighted by Gasteiger charge is -2.09. The van der Waals surface area contributed by atoms with Gasteiger partial charge >= 0.3 is 0 Å². The summed E-state index contributed by atoms with van der Waals surface area (Å²) in [5.41, 5.74) is 6.70. The third-order valence-corrected chi connectivity index (χ3v) is 2.11. The first kappa shape index (κ1) is 8.34. The van der Waals surface area contributed by atoms with Gasteiger partial charge in [0.25, 0.3) is 0 Å². The van der Waals surface area contributed by atoms with Crippen LogP contribution in [0.4, 0.5) is 0 Å². The summed E-state index contributed by atoms with van der Waals surface area (Å²) in [4.78, 5) is 0. The summed E-state index contributed by atoms with van der Waals surface area (Å²) in [7, 11) is 0. The molecule has 0 aromatic carbocycles. The topological polar surface area (TPSA) is 30.9 Å². The number of hydrogen-bond acceptors (Lipinski definition) is 1. The average molecular weight is 152 g/mol. The third kappa shape index (κ3) is 1.84. The van der Waals surface area contributed by atoms with Gasteiger partial charge in [-0.1, -0.05) is 6.92 Å². The minimum Gasteiger partial charge on any atom is -0.351 e. The summed E-state index contributed by atoms with van der Waals surface area (Å²) in [6.45, 7) is 5.04. The number of rotatable bonds is 3. The van der Waals surface area contributed by atoms with E-state index in [1.165, 1.54) is 12.0 Å². The summed E-state index contributed by atoms with van der Waals surface area (Å²) in [6, 6.07) is 2.67. The summed E-state index contributed by atoms with van der Waals surface area (Å²) in [6.07, 6.45) is 5.38. The largest absolute Gasteiger partial charge is 0.351 e. The van der Waals surface area contributed by atoms with Crippen molar-refractivity contribution >= 4 is 0 Å². The lowest BCUT2D eigenvalue weighted by Crippen LogP contribution is -2.00. The van der Waals surface area contributed by atoms with Gasteiger partial charge in [-0.15, -0.1) is 0 Å². The molecule has 2 nitrogen and oxygen atoms in total. The summed E-state index contributed by atoms with van der Waals surface area (Å²) in [5.74, 6) is 0. The third-order valence-electron chi connectivity index (χ3n) is 2.11. The fraction of sp³-hybridized carbons (Fsp3) is 0.556. The van der Waals surface area contributed by atoms with Gasteiger partial charge in [0, 0.05) is 25.0 Å². The molecule has 0 saturated heterocycles. The number of nitrogens with zero attached hydrogens (tertiary/aromatic N) is 1. The van der Waals surface area contributed by atoms with Gasteiger partial charge in [0.2, 0.25) is 0 Å². The van der Waals surface area contributed by atoms with Crippen molar-refractivity contribution in [3.63, 3.8) is 0 Å². The summed E-state index contributed by atoms with van der Waals surface area (Å²) < 4.78 is 2.21. The number of nitrogens with two attached hydrogens (primary N) is 1. The Kier molecular flexibility index (Phi) is 2.71. The molecule has 0 radical (unpaired) electrons. The van der Waals surface area contributed by atoms with Crippen LogP contribution in [0.3, 0.4) is 0 Å². The molecule has 0 amide bonds. The van der Waals surface area contributed by atoms with E-state index < -0.39 is 0 Å². The van der Waals surface area contributed by atoms with Crippen molar-refractivity contribution in [3.8, 4) is 0 Å². The van der Waals surface area contributed by atoms with Crippen LogP contribution in [0.25, 0.3) is 0 Å². The van der Waals surface area contributed by atoms with Gasteiger partial charge in [-0.2, -0.15) is 0 Å². The maximum atomic E-state index is 5.49. The molecule has 1 aromatic heterocycles. The molecule has 1 aromatic rings. The molecule has 1 rings (SSSR count). The maximum Gasteiger partial charge on any atom is 0.0299 e. The molecule has 0 bridgehead atoms. The Morgan fingerprint density at radius 3 is 2.82 bits per heavy atom. The van der Waals surface area contributed by atoms with Crippen molar-refractivity contribution in [3.05, 3.63) is 24.0 Å². The van der Waals surface area contributed by atoms with Crippen LogP contribution >= 0.6 is 0 Å². The second kappa shape index (κ2) is 3.58. The van der Waals surface area contributed by atoms with E-state index in [1.807, 2.05) is 0 Å². The van der Waals surface area contributed by atoms with Crippen molar-refractivity contribution in [1.29, 1.82) is 0 Å². The summed E-state index contributed by atoms with van der Waals surface area (Å²) >= 11 is 0. The Bertz CT molecular complexity index is 215. The van der Waals surface area contributed by atoms with E-state index >= 15 is 0 Å². The molecular weight excluding hydrogens is 136 g/mol. The molecule has 0 aliphatic rings. The molecule has 2 N–H and O–H groups in total. The predicted octanol–water partition coefficient (Wildman–Crippen LogP) is 1.92. The van der Waals surface area contributed by atoms with E-state index in [9.17, 15) is 0 Å². The van der Waals surface area contributed by atoms with Crippen LogP contribution in [0.5, 0.6) is 0 Å². The van der Waals surface area contributed by atoms with Crippen molar-refractivity contribution in [2.24, 2.45) is 5.73 Å². The maximum absolute atomic E-state index is 5.49. The van der Waals surface area contributed by atoms with Crippen LogP contribution in [-0.4, -0.2) is 4.57 Å². The van der Waals surface area contributed by atoms with Crippen LogP contribution < -0.4 is 5.73 Å². The van der Waals surface area contributed by atoms with Gasteiger partial charge in [-0.3, -0.25) is 0 Å². The average Bonchev–Trinajstić information content (AvgIpc) is 2.50. The molecule has 0 aliphatic carbocycles. The van der Waals surface area contributed by atoms with Gasteiger partial charge in [0.05, 0.1) is 0 Å². The Morgan fingerprint density at radius 2 is 2.36 bits per heavy atom. The molecular formula is C9H16N2. The normalized spacial score (nSPS) is 13.4. The van der Waals surface area contributed by atoms with Gasteiger partial charge in [0.15, 0.2) is 0 Å². The van der Waals surface area contributed by atoms with Crippen LogP contribution in [0.15, 0.2) is 18.5 Å². The minimum absolute atomic E-state index is 0.593. The van der Waals surface area contributed by atoms with Crippen LogP contribution in [-0.2, 0) is 6.54 Å². The fourth-order valence-electron chi connectivity index (χ4n) is 1.07. The quantitative estimate of drug-likeness (QED) is 0.704. The lowest BCUT2D eigenvalue weighted by molar-refractivity contribution is 0.532. The molecule has 1 atom stereocenters. The Balaban J connectivity index is 2.71. The first-order valence-corrected chi connectivity index (χ1v) is 4.14. The van der Waals surface area contributed by atoms with Crippen LogP contribution in [0.2, 0.25) is 0 Å². The zero-order valence-corrected chi connectivity index (χ0v) is 7.25. The van der Waals surface area contributed by atoms with Crippen LogP contribution in [0, 0.1) is 0 Å². The zero-order valence-electron chi connectivity index (χ0n) is 7.25. The second-order valence-electron chi connectivity index (χ2n) is 2.93. The van der Waals surface area contributed by atoms with E-state index in [0.29, 0.717) is 12.6 Å². The van der Waals surface area contributed by atoms with Crippen molar-refractivity contribution in [2.45, 2.75) is 32.9 Å². The van der Waals surface area contributed by atoms with Gasteiger partial charge in [-0.05, 0) is 25.0 Å². The fourth-order valence-corrected chi connectivity index (χ4v) is 1.07. The van der Waals surface area contributed by atoms with E-state index in [2.05, 4.69) is 36.9 Å². The monoisotopic (exact) mass is 152 g/mol. The van der Waals surface area contributed by atoms with Crippen molar-refractivity contribution in [2.75, 3.05) is 0 Å². The SMILES string of the molecule is CC[C@@H](C)n1ccc(CN)c1. The zero-order chi connectivity index (χ0) is 8.27. The van der Waals surface area contributed by atoms with Crippen molar-refractivity contribution < 1.29 is 0 Å². The number of aromatic nitrogens is 1. The molecule has 0 spiro atoms. The Hall–Kier alpha value is -0.760. The lowest BCUT2D eigenvalue weighted by atomic mass is 10.2. The number of hydrogen-bond donors (Lipinski definition) is 1. The first-order valence-electron chi connectivity index (χ1n) is 4.14. The minimum atomic E-state index is 0.593. The van der Waals surface area contributed by atoms with Crippen LogP contribution in [0.1, 0.15) is 31.9 Å².